The van der Waals surface area contributed by atoms with Crippen molar-refractivity contribution >= 4 is 28.9 Å². The molecule has 0 spiro atoms. The van der Waals surface area contributed by atoms with Gasteiger partial charge in [-0.05, 0) is 48.5 Å². The first-order chi connectivity index (χ1) is 13.0. The largest absolute Gasteiger partial charge is 0.491 e. The van der Waals surface area contributed by atoms with Gasteiger partial charge in [-0.1, -0.05) is 0 Å². The number of carbonyl (C=O) groups is 2. The SMILES string of the molecule is COCCOc1ccc(NC(=O)CNc2ccc(N(C)C(C)=O)cc2)cc1. The molecule has 2 aromatic rings. The molecule has 0 aliphatic carbocycles. The second kappa shape index (κ2) is 10.2. The number of amides is 2. The smallest absolute Gasteiger partial charge is 0.243 e. The molecule has 7 heteroatoms. The van der Waals surface area contributed by atoms with Crippen LogP contribution in [0.1, 0.15) is 6.92 Å². The lowest BCUT2D eigenvalue weighted by molar-refractivity contribution is -0.116. The summed E-state index contributed by atoms with van der Waals surface area (Å²) in [5.74, 6) is 0.525. The monoisotopic (exact) mass is 371 g/mol. The van der Waals surface area contributed by atoms with Gasteiger partial charge in [-0.15, -0.1) is 0 Å². The van der Waals surface area contributed by atoms with E-state index in [1.54, 1.807) is 43.3 Å². The maximum absolute atomic E-state index is 12.1. The van der Waals surface area contributed by atoms with Gasteiger partial charge in [-0.25, -0.2) is 0 Å². The Morgan fingerprint density at radius 3 is 2.19 bits per heavy atom. The lowest BCUT2D eigenvalue weighted by Gasteiger charge is -2.15. The van der Waals surface area contributed by atoms with Gasteiger partial charge in [-0.3, -0.25) is 9.59 Å². The number of nitrogens with one attached hydrogen (secondary N) is 2. The number of ether oxygens (including phenoxy) is 2. The maximum Gasteiger partial charge on any atom is 0.243 e. The van der Waals surface area contributed by atoms with Gasteiger partial charge in [0.2, 0.25) is 11.8 Å². The van der Waals surface area contributed by atoms with Crippen LogP contribution in [-0.4, -0.2) is 45.7 Å². The number of benzene rings is 2. The van der Waals surface area contributed by atoms with E-state index in [4.69, 9.17) is 9.47 Å². The minimum Gasteiger partial charge on any atom is -0.491 e. The van der Waals surface area contributed by atoms with Crippen LogP contribution < -0.4 is 20.3 Å². The minimum atomic E-state index is -0.159. The third kappa shape index (κ3) is 6.63. The van der Waals surface area contributed by atoms with E-state index in [0.717, 1.165) is 17.1 Å². The fourth-order valence-electron chi connectivity index (χ4n) is 2.25. The molecule has 0 radical (unpaired) electrons. The number of nitrogens with zero attached hydrogens (tertiary/aromatic N) is 1. The Morgan fingerprint density at radius 1 is 0.963 bits per heavy atom. The summed E-state index contributed by atoms with van der Waals surface area (Å²) in [5.41, 5.74) is 2.29. The van der Waals surface area contributed by atoms with Gasteiger partial charge in [0.15, 0.2) is 0 Å². The highest BCUT2D eigenvalue weighted by atomic mass is 16.5. The van der Waals surface area contributed by atoms with Crippen molar-refractivity contribution in [3.8, 4) is 5.75 Å². The van der Waals surface area contributed by atoms with Crippen molar-refractivity contribution in [1.29, 1.82) is 0 Å². The van der Waals surface area contributed by atoms with Crippen molar-refractivity contribution in [2.45, 2.75) is 6.92 Å². The molecule has 2 rings (SSSR count). The summed E-state index contributed by atoms with van der Waals surface area (Å²) >= 11 is 0. The van der Waals surface area contributed by atoms with Crippen LogP contribution in [0.4, 0.5) is 17.1 Å². The Morgan fingerprint density at radius 2 is 1.59 bits per heavy atom. The van der Waals surface area contributed by atoms with Crippen molar-refractivity contribution < 1.29 is 19.1 Å². The second-order valence-electron chi connectivity index (χ2n) is 5.89. The first-order valence-corrected chi connectivity index (χ1v) is 8.59. The molecule has 0 aliphatic rings. The molecule has 0 saturated carbocycles. The highest BCUT2D eigenvalue weighted by Gasteiger charge is 2.06. The number of hydrogen-bond acceptors (Lipinski definition) is 5. The summed E-state index contributed by atoms with van der Waals surface area (Å²) < 4.78 is 10.4. The average molecular weight is 371 g/mol. The highest BCUT2D eigenvalue weighted by molar-refractivity contribution is 5.94. The zero-order valence-electron chi connectivity index (χ0n) is 15.8. The minimum absolute atomic E-state index is 0.0368. The number of carbonyl (C=O) groups excluding carboxylic acids is 2. The van der Waals surface area contributed by atoms with Gasteiger partial charge in [-0.2, -0.15) is 0 Å². The van der Waals surface area contributed by atoms with Crippen molar-refractivity contribution in [2.24, 2.45) is 0 Å². The van der Waals surface area contributed by atoms with Crippen molar-refractivity contribution in [1.82, 2.24) is 0 Å². The lowest BCUT2D eigenvalue weighted by Crippen LogP contribution is -2.23. The molecular weight excluding hydrogens is 346 g/mol. The summed E-state index contributed by atoms with van der Waals surface area (Å²) in [5, 5.41) is 5.87. The number of rotatable bonds is 9. The van der Waals surface area contributed by atoms with E-state index in [-0.39, 0.29) is 18.4 Å². The molecule has 7 nitrogen and oxygen atoms in total. The Labute approximate surface area is 159 Å². The topological polar surface area (TPSA) is 79.9 Å². The van der Waals surface area contributed by atoms with E-state index in [2.05, 4.69) is 10.6 Å². The molecule has 144 valence electrons. The third-order valence-corrected chi connectivity index (χ3v) is 3.87. The van der Waals surface area contributed by atoms with Crippen LogP contribution >= 0.6 is 0 Å². The molecular formula is C20H25N3O4. The Kier molecular flexibility index (Phi) is 7.63. The van der Waals surface area contributed by atoms with E-state index >= 15 is 0 Å². The van der Waals surface area contributed by atoms with Gasteiger partial charge in [0.1, 0.15) is 12.4 Å². The molecule has 0 unspecified atom stereocenters. The van der Waals surface area contributed by atoms with Gasteiger partial charge in [0.25, 0.3) is 0 Å². The van der Waals surface area contributed by atoms with Crippen LogP contribution in [0.5, 0.6) is 5.75 Å². The summed E-state index contributed by atoms with van der Waals surface area (Å²) in [7, 11) is 3.33. The normalized spacial score (nSPS) is 10.2. The fraction of sp³-hybridized carbons (Fsp3) is 0.300. The van der Waals surface area contributed by atoms with E-state index in [0.29, 0.717) is 18.9 Å². The molecule has 0 fully saturated rings. The quantitative estimate of drug-likeness (QED) is 0.663. The fourth-order valence-corrected chi connectivity index (χ4v) is 2.25. The molecule has 27 heavy (non-hydrogen) atoms. The van der Waals surface area contributed by atoms with E-state index < -0.39 is 0 Å². The number of methoxy groups -OCH3 is 1. The zero-order chi connectivity index (χ0) is 19.6. The van der Waals surface area contributed by atoms with Crippen LogP contribution in [0.25, 0.3) is 0 Å². The summed E-state index contributed by atoms with van der Waals surface area (Å²) in [6.07, 6.45) is 0. The van der Waals surface area contributed by atoms with E-state index in [1.807, 2.05) is 24.3 Å². The van der Waals surface area contributed by atoms with Crippen LogP contribution in [0.3, 0.4) is 0 Å². The lowest BCUT2D eigenvalue weighted by atomic mass is 10.2. The first kappa shape index (κ1) is 20.3. The van der Waals surface area contributed by atoms with Crippen molar-refractivity contribution in [3.63, 3.8) is 0 Å². The molecule has 0 atom stereocenters. The first-order valence-electron chi connectivity index (χ1n) is 8.59. The predicted octanol–water partition coefficient (Wildman–Crippen LogP) is 2.75. The van der Waals surface area contributed by atoms with E-state index in [1.165, 1.54) is 6.92 Å². The standard InChI is InChI=1S/C20H25N3O4/c1-15(24)23(2)18-8-4-16(5-9-18)21-14-20(25)22-17-6-10-19(11-7-17)27-13-12-26-3/h4-11,21H,12-14H2,1-3H3,(H,22,25). The van der Waals surface area contributed by atoms with Crippen molar-refractivity contribution in [2.75, 3.05) is 49.4 Å². The molecule has 0 heterocycles. The van der Waals surface area contributed by atoms with Crippen LogP contribution in [0.15, 0.2) is 48.5 Å². The molecule has 0 aromatic heterocycles. The third-order valence-electron chi connectivity index (χ3n) is 3.87. The summed E-state index contributed by atoms with van der Waals surface area (Å²) in [4.78, 5) is 25.0. The van der Waals surface area contributed by atoms with E-state index in [9.17, 15) is 9.59 Å². The molecule has 2 aromatic carbocycles. The van der Waals surface area contributed by atoms with Crippen molar-refractivity contribution in [3.05, 3.63) is 48.5 Å². The molecule has 0 aliphatic heterocycles. The van der Waals surface area contributed by atoms with Gasteiger partial charge in [0, 0.05) is 38.1 Å². The Bertz CT molecular complexity index is 745. The van der Waals surface area contributed by atoms with Gasteiger partial charge >= 0.3 is 0 Å². The van der Waals surface area contributed by atoms with Gasteiger partial charge < -0.3 is 25.0 Å². The van der Waals surface area contributed by atoms with Crippen LogP contribution in [0.2, 0.25) is 0 Å². The van der Waals surface area contributed by atoms with Gasteiger partial charge in [0.05, 0.1) is 13.2 Å². The summed E-state index contributed by atoms with van der Waals surface area (Å²) in [6.45, 7) is 2.64. The number of hydrogen-bond donors (Lipinski definition) is 2. The summed E-state index contributed by atoms with van der Waals surface area (Å²) in [6, 6.07) is 14.5. The maximum atomic E-state index is 12.1. The Hall–Kier alpha value is -3.06. The molecule has 2 amide bonds. The Balaban J connectivity index is 1.79. The second-order valence-corrected chi connectivity index (χ2v) is 5.89. The molecule has 0 bridgehead atoms. The predicted molar refractivity (Wildman–Crippen MR) is 106 cm³/mol. The molecule has 2 N–H and O–H groups in total. The van der Waals surface area contributed by atoms with Crippen LogP contribution in [-0.2, 0) is 14.3 Å². The zero-order valence-corrected chi connectivity index (χ0v) is 15.8. The molecule has 0 saturated heterocycles. The highest BCUT2D eigenvalue weighted by Crippen LogP contribution is 2.17. The van der Waals surface area contributed by atoms with Crippen LogP contribution in [0, 0.1) is 0 Å². The average Bonchev–Trinajstić information content (AvgIpc) is 2.67. The number of anilines is 3.